The Hall–Kier alpha value is -1.81. The Bertz CT molecular complexity index is 638. The Balaban J connectivity index is 1.79. The van der Waals surface area contributed by atoms with E-state index in [-0.39, 0.29) is 5.91 Å². The van der Waals surface area contributed by atoms with Crippen LogP contribution in [0.1, 0.15) is 24.0 Å². The maximum Gasteiger partial charge on any atom is 0.224 e. The van der Waals surface area contributed by atoms with Gasteiger partial charge in [-0.3, -0.25) is 4.79 Å². The van der Waals surface area contributed by atoms with E-state index in [4.69, 9.17) is 4.74 Å². The molecular formula is C18H20BrNO2. The van der Waals surface area contributed by atoms with E-state index >= 15 is 0 Å². The second-order valence-electron chi connectivity index (χ2n) is 5.21. The molecule has 4 heteroatoms. The Morgan fingerprint density at radius 1 is 1.18 bits per heavy atom. The van der Waals surface area contributed by atoms with Gasteiger partial charge in [0, 0.05) is 16.6 Å². The molecule has 22 heavy (non-hydrogen) atoms. The molecule has 0 aliphatic heterocycles. The van der Waals surface area contributed by atoms with Crippen molar-refractivity contribution < 1.29 is 9.53 Å². The Labute approximate surface area is 139 Å². The number of halogens is 1. The third kappa shape index (κ3) is 4.88. The maximum absolute atomic E-state index is 11.9. The number of benzene rings is 2. The average molecular weight is 362 g/mol. The zero-order valence-corrected chi connectivity index (χ0v) is 14.4. The first kappa shape index (κ1) is 16.6. The van der Waals surface area contributed by atoms with Gasteiger partial charge in [0.25, 0.3) is 0 Å². The summed E-state index contributed by atoms with van der Waals surface area (Å²) in [6.45, 7) is 2.03. The highest BCUT2D eigenvalue weighted by atomic mass is 79.9. The SMILES string of the molecule is COc1ccc(CCCC(=O)Nc2ccc(Br)cc2)cc1C. The lowest BCUT2D eigenvalue weighted by Crippen LogP contribution is -2.11. The van der Waals surface area contributed by atoms with Crippen molar-refractivity contribution in [1.29, 1.82) is 0 Å². The Kier molecular flexibility index (Phi) is 6.01. The second kappa shape index (κ2) is 7.99. The fourth-order valence-electron chi connectivity index (χ4n) is 2.31. The molecular weight excluding hydrogens is 342 g/mol. The van der Waals surface area contributed by atoms with Crippen LogP contribution in [-0.4, -0.2) is 13.0 Å². The van der Waals surface area contributed by atoms with Gasteiger partial charge in [0.2, 0.25) is 5.91 Å². The highest BCUT2D eigenvalue weighted by Crippen LogP contribution is 2.20. The predicted octanol–water partition coefficient (Wildman–Crippen LogP) is 4.73. The summed E-state index contributed by atoms with van der Waals surface area (Å²) in [4.78, 5) is 11.9. The van der Waals surface area contributed by atoms with E-state index in [0.29, 0.717) is 6.42 Å². The summed E-state index contributed by atoms with van der Waals surface area (Å²) >= 11 is 3.37. The number of aryl methyl sites for hydroxylation is 2. The third-order valence-corrected chi connectivity index (χ3v) is 3.99. The van der Waals surface area contributed by atoms with Crippen LogP contribution in [0.3, 0.4) is 0 Å². The van der Waals surface area contributed by atoms with Crippen molar-refractivity contribution >= 4 is 27.5 Å². The maximum atomic E-state index is 11.9. The van der Waals surface area contributed by atoms with Crippen molar-refractivity contribution in [3.05, 3.63) is 58.1 Å². The van der Waals surface area contributed by atoms with Crippen LogP contribution in [0.2, 0.25) is 0 Å². The first-order valence-corrected chi connectivity index (χ1v) is 8.06. The van der Waals surface area contributed by atoms with Gasteiger partial charge >= 0.3 is 0 Å². The molecule has 0 atom stereocenters. The number of rotatable bonds is 6. The third-order valence-electron chi connectivity index (χ3n) is 3.46. The molecule has 0 saturated carbocycles. The van der Waals surface area contributed by atoms with E-state index in [1.165, 1.54) is 5.56 Å². The second-order valence-corrected chi connectivity index (χ2v) is 6.13. The van der Waals surface area contributed by atoms with Crippen molar-refractivity contribution in [3.63, 3.8) is 0 Å². The van der Waals surface area contributed by atoms with Crippen LogP contribution < -0.4 is 10.1 Å². The lowest BCUT2D eigenvalue weighted by molar-refractivity contribution is -0.116. The van der Waals surface area contributed by atoms with Crippen LogP contribution in [0.25, 0.3) is 0 Å². The standard InChI is InChI=1S/C18H20BrNO2/c1-13-12-14(6-11-17(13)22-2)4-3-5-18(21)20-16-9-7-15(19)8-10-16/h6-12H,3-5H2,1-2H3,(H,20,21). The molecule has 116 valence electrons. The Morgan fingerprint density at radius 2 is 1.91 bits per heavy atom. The molecule has 0 saturated heterocycles. The summed E-state index contributed by atoms with van der Waals surface area (Å²) in [5.41, 5.74) is 3.18. The zero-order chi connectivity index (χ0) is 15.9. The normalized spacial score (nSPS) is 10.3. The molecule has 1 N–H and O–H groups in total. The molecule has 0 aromatic heterocycles. The molecule has 0 bridgehead atoms. The highest BCUT2D eigenvalue weighted by Gasteiger charge is 2.04. The number of anilines is 1. The molecule has 0 unspecified atom stereocenters. The first-order valence-electron chi connectivity index (χ1n) is 7.27. The van der Waals surface area contributed by atoms with Crippen LogP contribution in [0, 0.1) is 6.92 Å². The molecule has 2 rings (SSSR count). The van der Waals surface area contributed by atoms with Crippen LogP contribution >= 0.6 is 15.9 Å². The summed E-state index contributed by atoms with van der Waals surface area (Å²) in [6.07, 6.45) is 2.23. The van der Waals surface area contributed by atoms with Crippen molar-refractivity contribution in [2.75, 3.05) is 12.4 Å². The van der Waals surface area contributed by atoms with Crippen molar-refractivity contribution in [2.45, 2.75) is 26.2 Å². The minimum atomic E-state index is 0.0487. The van der Waals surface area contributed by atoms with Crippen LogP contribution in [0.5, 0.6) is 5.75 Å². The van der Waals surface area contributed by atoms with Gasteiger partial charge in [-0.1, -0.05) is 28.1 Å². The van der Waals surface area contributed by atoms with Crippen molar-refractivity contribution in [2.24, 2.45) is 0 Å². The number of ether oxygens (including phenoxy) is 1. The van der Waals surface area contributed by atoms with Gasteiger partial charge in [0.1, 0.15) is 5.75 Å². The van der Waals surface area contributed by atoms with Crippen molar-refractivity contribution in [1.82, 2.24) is 0 Å². The molecule has 0 spiro atoms. The number of amides is 1. The molecule has 1 amide bonds. The molecule has 3 nitrogen and oxygen atoms in total. The summed E-state index contributed by atoms with van der Waals surface area (Å²) in [5.74, 6) is 0.948. The lowest BCUT2D eigenvalue weighted by Gasteiger charge is -2.08. The minimum absolute atomic E-state index is 0.0487. The number of hydrogen-bond donors (Lipinski definition) is 1. The largest absolute Gasteiger partial charge is 0.496 e. The average Bonchev–Trinajstić information content (AvgIpc) is 2.50. The quantitative estimate of drug-likeness (QED) is 0.807. The predicted molar refractivity (Wildman–Crippen MR) is 93.4 cm³/mol. The van der Waals surface area contributed by atoms with E-state index in [1.807, 2.05) is 37.3 Å². The van der Waals surface area contributed by atoms with Gasteiger partial charge in [0.05, 0.1) is 7.11 Å². The number of hydrogen-bond acceptors (Lipinski definition) is 2. The topological polar surface area (TPSA) is 38.3 Å². The summed E-state index contributed by atoms with van der Waals surface area (Å²) in [6, 6.07) is 13.7. The molecule has 0 aliphatic rings. The van der Waals surface area contributed by atoms with Crippen LogP contribution in [0.4, 0.5) is 5.69 Å². The number of methoxy groups -OCH3 is 1. The van der Waals surface area contributed by atoms with Crippen LogP contribution in [-0.2, 0) is 11.2 Å². The number of nitrogens with one attached hydrogen (secondary N) is 1. The molecule has 2 aromatic carbocycles. The van der Waals surface area contributed by atoms with Gasteiger partial charge in [-0.2, -0.15) is 0 Å². The summed E-state index contributed by atoms with van der Waals surface area (Å²) in [7, 11) is 1.68. The van der Waals surface area contributed by atoms with Crippen molar-refractivity contribution in [3.8, 4) is 5.75 Å². The molecule has 0 aliphatic carbocycles. The summed E-state index contributed by atoms with van der Waals surface area (Å²) < 4.78 is 6.25. The zero-order valence-electron chi connectivity index (χ0n) is 12.9. The fourth-order valence-corrected chi connectivity index (χ4v) is 2.57. The van der Waals surface area contributed by atoms with Gasteiger partial charge in [-0.05, 0) is 61.2 Å². The Morgan fingerprint density at radius 3 is 2.55 bits per heavy atom. The van der Waals surface area contributed by atoms with E-state index in [0.717, 1.165) is 34.3 Å². The van der Waals surface area contributed by atoms with Gasteiger partial charge in [0.15, 0.2) is 0 Å². The minimum Gasteiger partial charge on any atom is -0.496 e. The van der Waals surface area contributed by atoms with Gasteiger partial charge in [-0.15, -0.1) is 0 Å². The van der Waals surface area contributed by atoms with Gasteiger partial charge < -0.3 is 10.1 Å². The lowest BCUT2D eigenvalue weighted by atomic mass is 10.0. The first-order chi connectivity index (χ1) is 10.6. The molecule has 0 fully saturated rings. The number of carbonyl (C=O) groups is 1. The smallest absolute Gasteiger partial charge is 0.224 e. The molecule has 0 radical (unpaired) electrons. The highest BCUT2D eigenvalue weighted by molar-refractivity contribution is 9.10. The van der Waals surface area contributed by atoms with Crippen LogP contribution in [0.15, 0.2) is 46.9 Å². The monoisotopic (exact) mass is 361 g/mol. The van der Waals surface area contributed by atoms with E-state index < -0.39 is 0 Å². The van der Waals surface area contributed by atoms with E-state index in [1.54, 1.807) is 7.11 Å². The number of carbonyl (C=O) groups excluding carboxylic acids is 1. The molecule has 2 aromatic rings. The molecule has 0 heterocycles. The van der Waals surface area contributed by atoms with E-state index in [9.17, 15) is 4.79 Å². The van der Waals surface area contributed by atoms with Gasteiger partial charge in [-0.25, -0.2) is 0 Å². The fraction of sp³-hybridized carbons (Fsp3) is 0.278. The summed E-state index contributed by atoms with van der Waals surface area (Å²) in [5, 5.41) is 2.91. The van der Waals surface area contributed by atoms with E-state index in [2.05, 4.69) is 33.4 Å².